The Morgan fingerprint density at radius 2 is 1.61 bits per heavy atom. The molecular weight excluding hydrogens is 395 g/mol. The van der Waals surface area contributed by atoms with Crippen molar-refractivity contribution in [3.05, 3.63) is 70.5 Å². The summed E-state index contributed by atoms with van der Waals surface area (Å²) in [4.78, 5) is 24.8. The summed E-state index contributed by atoms with van der Waals surface area (Å²) in [5.41, 5.74) is 3.17. The maximum Gasteiger partial charge on any atom is 0.309 e. The lowest BCUT2D eigenvalue weighted by atomic mass is 9.84. The standard InChI is InChI=1S/C26H33FO4/c1-16-8-10-20(11-9-16)24(22-13-12-21(27)14-17(22)2)19(4)30-25(29)18(3)15-23(28)31-26(5,6)7/h8-14,18-19,24H,15H2,1-7H3/t18-,19+,24-/m1/s1. The van der Waals surface area contributed by atoms with Gasteiger partial charge in [-0.25, -0.2) is 4.39 Å². The number of ether oxygens (including phenoxy) is 2. The zero-order valence-electron chi connectivity index (χ0n) is 19.5. The zero-order chi connectivity index (χ0) is 23.3. The number of carbonyl (C=O) groups is 2. The third kappa shape index (κ3) is 7.20. The SMILES string of the molecule is Cc1ccc([C@H](c2ccc(F)cc2C)[C@H](C)OC(=O)[C@H](C)CC(=O)OC(C)(C)C)cc1. The van der Waals surface area contributed by atoms with Gasteiger partial charge in [-0.2, -0.15) is 0 Å². The molecule has 168 valence electrons. The Hall–Kier alpha value is -2.69. The third-order valence-corrected chi connectivity index (χ3v) is 5.07. The van der Waals surface area contributed by atoms with Gasteiger partial charge in [-0.15, -0.1) is 0 Å². The summed E-state index contributed by atoms with van der Waals surface area (Å²) in [6.07, 6.45) is -0.561. The monoisotopic (exact) mass is 428 g/mol. The second kappa shape index (κ2) is 10.1. The molecule has 0 saturated carbocycles. The quantitative estimate of drug-likeness (QED) is 0.517. The number of aryl methyl sites for hydroxylation is 2. The number of hydrogen-bond acceptors (Lipinski definition) is 4. The number of hydrogen-bond donors (Lipinski definition) is 0. The Labute approximate surface area is 184 Å². The van der Waals surface area contributed by atoms with E-state index in [1.165, 1.54) is 12.1 Å². The van der Waals surface area contributed by atoms with Crippen LogP contribution in [0.4, 0.5) is 4.39 Å². The number of benzene rings is 2. The summed E-state index contributed by atoms with van der Waals surface area (Å²) in [6, 6.07) is 12.6. The summed E-state index contributed by atoms with van der Waals surface area (Å²) >= 11 is 0. The molecule has 0 N–H and O–H groups in total. The highest BCUT2D eigenvalue weighted by atomic mass is 19.1. The van der Waals surface area contributed by atoms with Crippen LogP contribution in [0, 0.1) is 25.6 Å². The van der Waals surface area contributed by atoms with Crippen LogP contribution in [-0.2, 0) is 19.1 Å². The van der Waals surface area contributed by atoms with Crippen LogP contribution in [0.3, 0.4) is 0 Å². The summed E-state index contributed by atoms with van der Waals surface area (Å²) in [6.45, 7) is 12.7. The van der Waals surface area contributed by atoms with Gasteiger partial charge in [-0.1, -0.05) is 42.8 Å². The summed E-state index contributed by atoms with van der Waals surface area (Å²) in [7, 11) is 0. The molecule has 0 heterocycles. The van der Waals surface area contributed by atoms with Gasteiger partial charge >= 0.3 is 11.9 Å². The van der Waals surface area contributed by atoms with Gasteiger partial charge in [-0.3, -0.25) is 9.59 Å². The van der Waals surface area contributed by atoms with E-state index in [1.54, 1.807) is 33.8 Å². The molecule has 5 heteroatoms. The number of esters is 2. The van der Waals surface area contributed by atoms with Gasteiger partial charge < -0.3 is 9.47 Å². The van der Waals surface area contributed by atoms with Crippen LogP contribution in [0.5, 0.6) is 0 Å². The van der Waals surface area contributed by atoms with Crippen molar-refractivity contribution in [1.29, 1.82) is 0 Å². The molecule has 0 saturated heterocycles. The molecule has 0 aliphatic carbocycles. The average Bonchev–Trinajstić information content (AvgIpc) is 2.63. The van der Waals surface area contributed by atoms with E-state index in [1.807, 2.05) is 45.0 Å². The Kier molecular flexibility index (Phi) is 7.99. The van der Waals surface area contributed by atoms with E-state index in [2.05, 4.69) is 0 Å². The van der Waals surface area contributed by atoms with Gasteiger partial charge in [0.25, 0.3) is 0 Å². The molecule has 2 rings (SSSR count). The Balaban J connectivity index is 2.23. The van der Waals surface area contributed by atoms with E-state index >= 15 is 0 Å². The molecule has 2 aromatic carbocycles. The van der Waals surface area contributed by atoms with Crippen LogP contribution in [0.25, 0.3) is 0 Å². The van der Waals surface area contributed by atoms with Crippen molar-refractivity contribution in [3.8, 4) is 0 Å². The lowest BCUT2D eigenvalue weighted by molar-refractivity contribution is -0.163. The lowest BCUT2D eigenvalue weighted by Gasteiger charge is -2.28. The summed E-state index contributed by atoms with van der Waals surface area (Å²) < 4.78 is 24.8. The van der Waals surface area contributed by atoms with E-state index < -0.39 is 29.6 Å². The fraction of sp³-hybridized carbons (Fsp3) is 0.462. The highest BCUT2D eigenvalue weighted by molar-refractivity contribution is 5.80. The van der Waals surface area contributed by atoms with Gasteiger partial charge in [0.2, 0.25) is 0 Å². The average molecular weight is 429 g/mol. The second-order valence-electron chi connectivity index (χ2n) is 9.22. The van der Waals surface area contributed by atoms with Crippen LogP contribution in [-0.4, -0.2) is 23.6 Å². The Bertz CT molecular complexity index is 912. The van der Waals surface area contributed by atoms with Gasteiger partial charge in [0.15, 0.2) is 0 Å². The minimum atomic E-state index is -0.634. The molecule has 0 spiro atoms. The lowest BCUT2D eigenvalue weighted by Crippen LogP contribution is -2.30. The molecule has 0 fully saturated rings. The van der Waals surface area contributed by atoms with E-state index in [0.29, 0.717) is 0 Å². The molecule has 0 bridgehead atoms. The highest BCUT2D eigenvalue weighted by Crippen LogP contribution is 2.33. The first-order valence-electron chi connectivity index (χ1n) is 10.6. The van der Waals surface area contributed by atoms with Crippen LogP contribution in [0.1, 0.15) is 69.2 Å². The van der Waals surface area contributed by atoms with Crippen molar-refractivity contribution in [2.45, 2.75) is 72.5 Å². The van der Waals surface area contributed by atoms with Crippen molar-refractivity contribution < 1.29 is 23.5 Å². The Morgan fingerprint density at radius 3 is 2.16 bits per heavy atom. The maximum absolute atomic E-state index is 13.7. The van der Waals surface area contributed by atoms with Gasteiger partial charge in [0.1, 0.15) is 17.5 Å². The van der Waals surface area contributed by atoms with Gasteiger partial charge in [0, 0.05) is 5.92 Å². The first-order valence-corrected chi connectivity index (χ1v) is 10.6. The summed E-state index contributed by atoms with van der Waals surface area (Å²) in [5, 5.41) is 0. The van der Waals surface area contributed by atoms with Crippen molar-refractivity contribution in [2.24, 2.45) is 5.92 Å². The van der Waals surface area contributed by atoms with Crippen LogP contribution < -0.4 is 0 Å². The van der Waals surface area contributed by atoms with E-state index in [0.717, 1.165) is 22.3 Å². The van der Waals surface area contributed by atoms with E-state index in [-0.39, 0.29) is 18.2 Å². The van der Waals surface area contributed by atoms with Crippen LogP contribution in [0.15, 0.2) is 42.5 Å². The molecule has 0 unspecified atom stereocenters. The molecule has 4 nitrogen and oxygen atoms in total. The van der Waals surface area contributed by atoms with E-state index in [9.17, 15) is 14.0 Å². The van der Waals surface area contributed by atoms with Crippen molar-refractivity contribution in [1.82, 2.24) is 0 Å². The smallest absolute Gasteiger partial charge is 0.309 e. The van der Waals surface area contributed by atoms with Crippen molar-refractivity contribution >= 4 is 11.9 Å². The molecule has 2 aromatic rings. The molecule has 0 radical (unpaired) electrons. The molecule has 0 aromatic heterocycles. The first-order chi connectivity index (χ1) is 14.4. The molecule has 31 heavy (non-hydrogen) atoms. The normalized spacial score (nSPS) is 14.5. The summed E-state index contributed by atoms with van der Waals surface area (Å²) in [5.74, 6) is -2.10. The van der Waals surface area contributed by atoms with Crippen LogP contribution >= 0.6 is 0 Å². The molecule has 0 amide bonds. The first kappa shape index (κ1) is 24.6. The topological polar surface area (TPSA) is 52.6 Å². The van der Waals surface area contributed by atoms with Crippen LogP contribution in [0.2, 0.25) is 0 Å². The maximum atomic E-state index is 13.7. The Morgan fingerprint density at radius 1 is 1.00 bits per heavy atom. The fourth-order valence-corrected chi connectivity index (χ4v) is 3.55. The largest absolute Gasteiger partial charge is 0.461 e. The van der Waals surface area contributed by atoms with Crippen molar-refractivity contribution in [3.63, 3.8) is 0 Å². The number of halogens is 1. The van der Waals surface area contributed by atoms with Gasteiger partial charge in [-0.05, 0) is 70.4 Å². The zero-order valence-corrected chi connectivity index (χ0v) is 19.5. The molecule has 0 aliphatic rings. The number of rotatable bonds is 7. The molecule has 0 aliphatic heterocycles. The minimum absolute atomic E-state index is 0.0480. The van der Waals surface area contributed by atoms with E-state index in [4.69, 9.17) is 9.47 Å². The highest BCUT2D eigenvalue weighted by Gasteiger charge is 2.29. The fourth-order valence-electron chi connectivity index (χ4n) is 3.55. The minimum Gasteiger partial charge on any atom is -0.461 e. The molecule has 3 atom stereocenters. The van der Waals surface area contributed by atoms with Gasteiger partial charge in [0.05, 0.1) is 12.3 Å². The van der Waals surface area contributed by atoms with Crippen molar-refractivity contribution in [2.75, 3.05) is 0 Å². The predicted molar refractivity (Wildman–Crippen MR) is 119 cm³/mol. The number of carbonyl (C=O) groups excluding carboxylic acids is 2. The molecular formula is C26H33FO4. The third-order valence-electron chi connectivity index (χ3n) is 5.07. The predicted octanol–water partition coefficient (Wildman–Crippen LogP) is 5.87. The second-order valence-corrected chi connectivity index (χ2v) is 9.22.